The number of esters is 1. The standard InChI is InChI=1S/C22H22N2O3/c1-13-9-10-14(2)19(11-13)24-20(25)12-27-22(26)21-15(3)17-7-5-6-8-18(17)23-16(21)4/h5-11H,12H2,1-4H3,(H,24,25). The van der Waals surface area contributed by atoms with E-state index in [0.29, 0.717) is 11.3 Å². The van der Waals surface area contributed by atoms with Crippen molar-refractivity contribution in [3.63, 3.8) is 0 Å². The van der Waals surface area contributed by atoms with E-state index in [2.05, 4.69) is 10.3 Å². The number of nitrogens with zero attached hydrogens (tertiary/aromatic N) is 1. The van der Waals surface area contributed by atoms with Gasteiger partial charge in [-0.1, -0.05) is 30.3 Å². The molecule has 1 amide bonds. The third-order valence-corrected chi connectivity index (χ3v) is 4.54. The van der Waals surface area contributed by atoms with Crippen molar-refractivity contribution in [2.24, 2.45) is 0 Å². The first kappa shape index (κ1) is 18.6. The summed E-state index contributed by atoms with van der Waals surface area (Å²) in [6.45, 7) is 7.15. The number of amides is 1. The Balaban J connectivity index is 1.73. The Morgan fingerprint density at radius 1 is 1.04 bits per heavy atom. The maximum Gasteiger partial charge on any atom is 0.340 e. The summed E-state index contributed by atoms with van der Waals surface area (Å²) in [5.41, 5.74) is 5.34. The van der Waals surface area contributed by atoms with Crippen molar-refractivity contribution in [3.05, 3.63) is 70.4 Å². The predicted molar refractivity (Wildman–Crippen MR) is 106 cm³/mol. The molecule has 0 aliphatic rings. The minimum absolute atomic E-state index is 0.349. The molecule has 0 spiro atoms. The molecular formula is C22H22N2O3. The van der Waals surface area contributed by atoms with E-state index in [1.807, 2.05) is 63.2 Å². The fourth-order valence-electron chi connectivity index (χ4n) is 3.09. The first-order valence-corrected chi connectivity index (χ1v) is 8.77. The number of rotatable bonds is 4. The van der Waals surface area contributed by atoms with E-state index in [1.165, 1.54) is 0 Å². The molecule has 1 heterocycles. The number of pyridine rings is 1. The highest BCUT2D eigenvalue weighted by Crippen LogP contribution is 2.23. The van der Waals surface area contributed by atoms with Crippen LogP contribution in [0.5, 0.6) is 0 Å². The summed E-state index contributed by atoms with van der Waals surface area (Å²) in [6.07, 6.45) is 0. The highest BCUT2D eigenvalue weighted by Gasteiger charge is 2.19. The Morgan fingerprint density at radius 2 is 1.78 bits per heavy atom. The Hall–Kier alpha value is -3.21. The number of anilines is 1. The van der Waals surface area contributed by atoms with Crippen molar-refractivity contribution >= 4 is 28.5 Å². The molecule has 3 rings (SSSR count). The first-order valence-electron chi connectivity index (χ1n) is 8.77. The van der Waals surface area contributed by atoms with Crippen LogP contribution in [0.15, 0.2) is 42.5 Å². The zero-order valence-corrected chi connectivity index (χ0v) is 15.9. The van der Waals surface area contributed by atoms with Gasteiger partial charge in [0.15, 0.2) is 6.61 Å². The lowest BCUT2D eigenvalue weighted by molar-refractivity contribution is -0.119. The lowest BCUT2D eigenvalue weighted by Gasteiger charge is -2.13. The number of carbonyl (C=O) groups excluding carboxylic acids is 2. The van der Waals surface area contributed by atoms with Crippen LogP contribution in [0, 0.1) is 27.7 Å². The minimum Gasteiger partial charge on any atom is -0.452 e. The maximum absolute atomic E-state index is 12.6. The molecule has 0 unspecified atom stereocenters. The van der Waals surface area contributed by atoms with Crippen LogP contribution in [0.25, 0.3) is 10.9 Å². The summed E-state index contributed by atoms with van der Waals surface area (Å²) in [7, 11) is 0. The molecule has 0 saturated heterocycles. The zero-order valence-electron chi connectivity index (χ0n) is 15.9. The van der Waals surface area contributed by atoms with Gasteiger partial charge in [-0.3, -0.25) is 9.78 Å². The van der Waals surface area contributed by atoms with Gasteiger partial charge in [0.25, 0.3) is 5.91 Å². The molecule has 27 heavy (non-hydrogen) atoms. The number of carbonyl (C=O) groups is 2. The largest absolute Gasteiger partial charge is 0.452 e. The van der Waals surface area contributed by atoms with Gasteiger partial charge in [-0.05, 0) is 56.5 Å². The first-order chi connectivity index (χ1) is 12.9. The average molecular weight is 362 g/mol. The van der Waals surface area contributed by atoms with Crippen LogP contribution in [-0.4, -0.2) is 23.5 Å². The lowest BCUT2D eigenvalue weighted by atomic mass is 10.0. The van der Waals surface area contributed by atoms with Crippen molar-refractivity contribution < 1.29 is 14.3 Å². The predicted octanol–water partition coefficient (Wildman–Crippen LogP) is 4.26. The van der Waals surface area contributed by atoms with E-state index in [0.717, 1.165) is 33.3 Å². The van der Waals surface area contributed by atoms with Crippen molar-refractivity contribution in [2.75, 3.05) is 11.9 Å². The van der Waals surface area contributed by atoms with Crippen LogP contribution in [0.4, 0.5) is 5.69 Å². The molecule has 0 saturated carbocycles. The van der Waals surface area contributed by atoms with Gasteiger partial charge in [-0.15, -0.1) is 0 Å². The molecule has 0 fully saturated rings. The summed E-state index contributed by atoms with van der Waals surface area (Å²) in [6, 6.07) is 13.4. The van der Waals surface area contributed by atoms with E-state index in [9.17, 15) is 9.59 Å². The van der Waals surface area contributed by atoms with Crippen LogP contribution in [0.3, 0.4) is 0 Å². The van der Waals surface area contributed by atoms with Gasteiger partial charge in [0.05, 0.1) is 16.8 Å². The Morgan fingerprint density at radius 3 is 2.56 bits per heavy atom. The van der Waals surface area contributed by atoms with Gasteiger partial charge in [-0.2, -0.15) is 0 Å². The smallest absolute Gasteiger partial charge is 0.340 e. The molecule has 0 atom stereocenters. The molecule has 0 aliphatic heterocycles. The van der Waals surface area contributed by atoms with E-state index in [4.69, 9.17) is 4.74 Å². The van der Waals surface area contributed by atoms with E-state index >= 15 is 0 Å². The highest BCUT2D eigenvalue weighted by molar-refractivity contribution is 6.00. The van der Waals surface area contributed by atoms with Gasteiger partial charge >= 0.3 is 5.97 Å². The number of nitrogens with one attached hydrogen (secondary N) is 1. The third kappa shape index (κ3) is 3.97. The minimum atomic E-state index is -0.542. The molecule has 0 radical (unpaired) electrons. The van der Waals surface area contributed by atoms with Crippen molar-refractivity contribution in [2.45, 2.75) is 27.7 Å². The number of ether oxygens (including phenoxy) is 1. The summed E-state index contributed by atoms with van der Waals surface area (Å²) in [5.74, 6) is -0.916. The second-order valence-corrected chi connectivity index (χ2v) is 6.66. The number of hydrogen-bond acceptors (Lipinski definition) is 4. The normalized spacial score (nSPS) is 10.7. The van der Waals surface area contributed by atoms with E-state index in [1.54, 1.807) is 6.92 Å². The monoisotopic (exact) mass is 362 g/mol. The fraction of sp³-hybridized carbons (Fsp3) is 0.227. The summed E-state index contributed by atoms with van der Waals surface area (Å²) in [4.78, 5) is 29.2. The number of benzene rings is 2. The lowest BCUT2D eigenvalue weighted by Crippen LogP contribution is -2.22. The topological polar surface area (TPSA) is 68.3 Å². The molecule has 1 aromatic heterocycles. The summed E-state index contributed by atoms with van der Waals surface area (Å²) >= 11 is 0. The van der Waals surface area contributed by atoms with Crippen molar-refractivity contribution in [1.82, 2.24) is 4.98 Å². The van der Waals surface area contributed by atoms with Gasteiger partial charge in [0.1, 0.15) is 0 Å². The SMILES string of the molecule is Cc1ccc(C)c(NC(=O)COC(=O)c2c(C)nc3ccccc3c2C)c1. The molecule has 0 aliphatic carbocycles. The average Bonchev–Trinajstić information content (AvgIpc) is 2.63. The van der Waals surface area contributed by atoms with Crippen molar-refractivity contribution in [3.8, 4) is 0 Å². The fourth-order valence-corrected chi connectivity index (χ4v) is 3.09. The molecule has 1 N–H and O–H groups in total. The zero-order chi connectivity index (χ0) is 19.6. The molecule has 5 heteroatoms. The van der Waals surface area contributed by atoms with Crippen molar-refractivity contribution in [1.29, 1.82) is 0 Å². The number of fused-ring (bicyclic) bond motifs is 1. The Bertz CT molecular complexity index is 1040. The van der Waals surface area contributed by atoms with Crippen LogP contribution in [0.1, 0.15) is 32.7 Å². The number of para-hydroxylation sites is 1. The van der Waals surface area contributed by atoms with Gasteiger partial charge in [0, 0.05) is 11.1 Å². The second-order valence-electron chi connectivity index (χ2n) is 6.66. The maximum atomic E-state index is 12.6. The number of aromatic nitrogens is 1. The van der Waals surface area contributed by atoms with Gasteiger partial charge < -0.3 is 10.1 Å². The highest BCUT2D eigenvalue weighted by atomic mass is 16.5. The molecule has 0 bridgehead atoms. The van der Waals surface area contributed by atoms with E-state index < -0.39 is 5.97 Å². The molecular weight excluding hydrogens is 340 g/mol. The Labute approximate surface area is 158 Å². The molecule has 2 aromatic carbocycles. The molecule has 5 nitrogen and oxygen atoms in total. The van der Waals surface area contributed by atoms with E-state index in [-0.39, 0.29) is 12.5 Å². The summed E-state index contributed by atoms with van der Waals surface area (Å²) < 4.78 is 5.25. The van der Waals surface area contributed by atoms with Gasteiger partial charge in [0.2, 0.25) is 0 Å². The van der Waals surface area contributed by atoms with Crippen LogP contribution in [0.2, 0.25) is 0 Å². The molecule has 138 valence electrons. The third-order valence-electron chi connectivity index (χ3n) is 4.54. The van der Waals surface area contributed by atoms with Crippen LogP contribution < -0.4 is 5.32 Å². The van der Waals surface area contributed by atoms with Crippen LogP contribution >= 0.6 is 0 Å². The number of hydrogen-bond donors (Lipinski definition) is 1. The molecule has 3 aromatic rings. The quantitative estimate of drug-likeness (QED) is 0.704. The van der Waals surface area contributed by atoms with Gasteiger partial charge in [-0.25, -0.2) is 4.79 Å². The number of aryl methyl sites for hydroxylation is 4. The van der Waals surface area contributed by atoms with Crippen LogP contribution in [-0.2, 0) is 9.53 Å². The Kier molecular flexibility index (Phi) is 5.21. The second kappa shape index (κ2) is 7.58. The summed E-state index contributed by atoms with van der Waals surface area (Å²) in [5, 5.41) is 3.68.